The van der Waals surface area contributed by atoms with Crippen LogP contribution >= 0.6 is 0 Å². The Balaban J connectivity index is 0.895. The summed E-state index contributed by atoms with van der Waals surface area (Å²) in [6.45, 7) is 9.50. The summed E-state index contributed by atoms with van der Waals surface area (Å²) in [6.07, 6.45) is 0. The molecule has 68 heavy (non-hydrogen) atoms. The molecule has 14 rings (SSSR count). The number of nitrogens with zero attached hydrogens (tertiary/aromatic N) is 2. The van der Waals surface area contributed by atoms with Gasteiger partial charge in [-0.2, -0.15) is 0 Å². The van der Waals surface area contributed by atoms with Crippen molar-refractivity contribution in [2.75, 3.05) is 0 Å². The minimum absolute atomic E-state index is 0.0987. The zero-order chi connectivity index (χ0) is 45.5. The molecule has 0 N–H and O–H groups in total. The Hall–Kier alpha value is -8.20. The van der Waals surface area contributed by atoms with E-state index >= 15 is 0 Å². The number of fused-ring (bicyclic) bond motifs is 12. The van der Waals surface area contributed by atoms with Crippen molar-refractivity contribution in [2.24, 2.45) is 0 Å². The average molecular weight is 869 g/mol. The first kappa shape index (κ1) is 39.0. The van der Waals surface area contributed by atoms with Crippen LogP contribution in [0.1, 0.15) is 49.9 Å². The van der Waals surface area contributed by atoms with E-state index in [0.29, 0.717) is 0 Å². The highest BCUT2D eigenvalue weighted by Crippen LogP contribution is 2.53. The van der Waals surface area contributed by atoms with Crippen LogP contribution in [0.4, 0.5) is 0 Å². The summed E-state index contributed by atoms with van der Waals surface area (Å²) in [5.41, 5.74) is 25.2. The highest BCUT2D eigenvalue weighted by atomic mass is 15.0. The first-order valence-corrected chi connectivity index (χ1v) is 24.0. The Bertz CT molecular complexity index is 3760. The van der Waals surface area contributed by atoms with Gasteiger partial charge in [0, 0.05) is 43.7 Å². The third-order valence-corrected chi connectivity index (χ3v) is 15.7. The molecular weight excluding hydrogens is 821 g/mol. The number of hydrogen-bond donors (Lipinski definition) is 0. The van der Waals surface area contributed by atoms with Crippen LogP contribution in [0.15, 0.2) is 218 Å². The van der Waals surface area contributed by atoms with Gasteiger partial charge in [-0.05, 0) is 139 Å². The molecule has 0 saturated heterocycles. The maximum absolute atomic E-state index is 2.49. The summed E-state index contributed by atoms with van der Waals surface area (Å²) in [5.74, 6) is 0. The van der Waals surface area contributed by atoms with Crippen molar-refractivity contribution < 1.29 is 0 Å². The lowest BCUT2D eigenvalue weighted by Gasteiger charge is -2.21. The van der Waals surface area contributed by atoms with Gasteiger partial charge in [0.2, 0.25) is 0 Å². The first-order valence-electron chi connectivity index (χ1n) is 24.0. The van der Waals surface area contributed by atoms with E-state index in [1.54, 1.807) is 0 Å². The van der Waals surface area contributed by atoms with Crippen molar-refractivity contribution in [1.29, 1.82) is 0 Å². The predicted molar refractivity (Wildman–Crippen MR) is 287 cm³/mol. The van der Waals surface area contributed by atoms with Gasteiger partial charge in [-0.3, -0.25) is 0 Å². The van der Waals surface area contributed by atoms with Crippen molar-refractivity contribution in [3.05, 3.63) is 241 Å². The fraction of sp³-hybridized carbons (Fsp3) is 0.0909. The largest absolute Gasteiger partial charge is 0.309 e. The van der Waals surface area contributed by atoms with Crippen LogP contribution in [-0.4, -0.2) is 9.13 Å². The van der Waals surface area contributed by atoms with E-state index in [9.17, 15) is 0 Å². The van der Waals surface area contributed by atoms with E-state index in [2.05, 4.69) is 255 Å². The maximum atomic E-state index is 2.49. The standard InChI is InChI=1S/C66H48N2/c1-65(2)57-21-13-11-19-49(57)53-37-55-51-33-27-45(41-15-7-5-8-16-41)35-61(51)67(63(55)39-59(53)65)47-29-23-43(24-30-47)44-25-31-48(32-26-44)68-62-36-46(42-17-9-6-10-18-42)28-34-52(62)56-38-54-50-20-12-14-22-58(50)66(3,4)60(54)40-64(56)68/h5-40H,1-4H3. The minimum atomic E-state index is -0.0987. The number of aromatic nitrogens is 2. The SMILES string of the molecule is CC1(C)c2ccccc2-c2cc3c4ccc(-c5ccccc5)cc4n(-c4ccc(-c5ccc(-n6c7cc(-c8ccccc8)ccc7c7cc8c(cc76)C(C)(C)c6ccccc6-8)cc5)cc4)c3cc21. The highest BCUT2D eigenvalue weighted by Gasteiger charge is 2.37. The molecule has 0 spiro atoms. The molecule has 0 bridgehead atoms. The van der Waals surface area contributed by atoms with Crippen LogP contribution in [0.5, 0.6) is 0 Å². The molecule has 10 aromatic carbocycles. The molecule has 0 fully saturated rings. The molecule has 0 radical (unpaired) electrons. The van der Waals surface area contributed by atoms with Gasteiger partial charge in [0.1, 0.15) is 0 Å². The number of rotatable bonds is 5. The fourth-order valence-corrected chi connectivity index (χ4v) is 12.2. The second-order valence-electron chi connectivity index (χ2n) is 20.1. The molecule has 2 heteroatoms. The first-order chi connectivity index (χ1) is 33.2. The van der Waals surface area contributed by atoms with Gasteiger partial charge < -0.3 is 9.13 Å². The molecular formula is C66H48N2. The summed E-state index contributed by atoms with van der Waals surface area (Å²) >= 11 is 0. The van der Waals surface area contributed by atoms with Gasteiger partial charge in [0.05, 0.1) is 22.1 Å². The van der Waals surface area contributed by atoms with Crippen molar-refractivity contribution in [2.45, 2.75) is 38.5 Å². The van der Waals surface area contributed by atoms with Crippen LogP contribution in [0.25, 0.3) is 111 Å². The van der Waals surface area contributed by atoms with Gasteiger partial charge in [0.25, 0.3) is 0 Å². The summed E-state index contributed by atoms with van der Waals surface area (Å²) < 4.78 is 4.98. The monoisotopic (exact) mass is 868 g/mol. The van der Waals surface area contributed by atoms with Gasteiger partial charge in [0.15, 0.2) is 0 Å². The van der Waals surface area contributed by atoms with Crippen LogP contribution < -0.4 is 0 Å². The van der Waals surface area contributed by atoms with E-state index in [1.807, 2.05) is 0 Å². The second-order valence-corrected chi connectivity index (χ2v) is 20.1. The van der Waals surface area contributed by atoms with Gasteiger partial charge in [-0.1, -0.05) is 185 Å². The normalized spacial score (nSPS) is 14.1. The van der Waals surface area contributed by atoms with Crippen LogP contribution in [-0.2, 0) is 10.8 Å². The molecule has 2 aromatic heterocycles. The van der Waals surface area contributed by atoms with E-state index in [-0.39, 0.29) is 10.8 Å². The van der Waals surface area contributed by atoms with Crippen molar-refractivity contribution in [3.8, 4) is 67.0 Å². The van der Waals surface area contributed by atoms with Crippen LogP contribution in [0, 0.1) is 0 Å². The zero-order valence-corrected chi connectivity index (χ0v) is 38.7. The van der Waals surface area contributed by atoms with Gasteiger partial charge in [-0.15, -0.1) is 0 Å². The lowest BCUT2D eigenvalue weighted by atomic mass is 9.82. The summed E-state index contributed by atoms with van der Waals surface area (Å²) in [4.78, 5) is 0. The van der Waals surface area contributed by atoms with Crippen LogP contribution in [0.3, 0.4) is 0 Å². The molecule has 12 aromatic rings. The Labute approximate surface area is 397 Å². The fourth-order valence-electron chi connectivity index (χ4n) is 12.2. The third kappa shape index (κ3) is 5.52. The van der Waals surface area contributed by atoms with Crippen molar-refractivity contribution >= 4 is 43.6 Å². The lowest BCUT2D eigenvalue weighted by molar-refractivity contribution is 0.661. The maximum Gasteiger partial charge on any atom is 0.0547 e. The molecule has 322 valence electrons. The molecule has 2 aliphatic carbocycles. The third-order valence-electron chi connectivity index (χ3n) is 15.7. The highest BCUT2D eigenvalue weighted by molar-refractivity contribution is 6.14. The minimum Gasteiger partial charge on any atom is -0.309 e. The molecule has 0 aliphatic heterocycles. The summed E-state index contributed by atoms with van der Waals surface area (Å²) in [7, 11) is 0. The van der Waals surface area contributed by atoms with Crippen molar-refractivity contribution in [1.82, 2.24) is 9.13 Å². The molecule has 2 heterocycles. The Morgan fingerprint density at radius 2 is 0.588 bits per heavy atom. The Morgan fingerprint density at radius 3 is 1.00 bits per heavy atom. The molecule has 0 saturated carbocycles. The van der Waals surface area contributed by atoms with Gasteiger partial charge in [-0.25, -0.2) is 0 Å². The topological polar surface area (TPSA) is 9.86 Å². The van der Waals surface area contributed by atoms with Crippen LogP contribution in [0.2, 0.25) is 0 Å². The lowest BCUT2D eigenvalue weighted by Crippen LogP contribution is -2.15. The Kier molecular flexibility index (Phi) is 8.12. The van der Waals surface area contributed by atoms with E-state index in [4.69, 9.17) is 0 Å². The van der Waals surface area contributed by atoms with Gasteiger partial charge >= 0.3 is 0 Å². The van der Waals surface area contributed by atoms with E-state index < -0.39 is 0 Å². The molecule has 0 amide bonds. The molecule has 2 nitrogen and oxygen atoms in total. The van der Waals surface area contributed by atoms with E-state index in [1.165, 1.54) is 122 Å². The predicted octanol–water partition coefficient (Wildman–Crippen LogP) is 17.5. The van der Waals surface area contributed by atoms with E-state index in [0.717, 1.165) is 11.4 Å². The summed E-state index contributed by atoms with van der Waals surface area (Å²) in [6, 6.07) is 81.7. The van der Waals surface area contributed by atoms with Crippen molar-refractivity contribution in [3.63, 3.8) is 0 Å². The molecule has 2 aliphatic rings. The number of hydrogen-bond acceptors (Lipinski definition) is 0. The smallest absolute Gasteiger partial charge is 0.0547 e. The average Bonchev–Trinajstić information content (AvgIpc) is 4.03. The molecule has 0 unspecified atom stereocenters. The quantitative estimate of drug-likeness (QED) is 0.163. The zero-order valence-electron chi connectivity index (χ0n) is 38.7. The summed E-state index contributed by atoms with van der Waals surface area (Å²) in [5, 5.41) is 5.10. The molecule has 0 atom stereocenters. The number of benzene rings is 10. The Morgan fingerprint density at radius 1 is 0.250 bits per heavy atom. The second kappa shape index (κ2) is 14.2.